The Morgan fingerprint density at radius 1 is 1.47 bits per heavy atom. The van der Waals surface area contributed by atoms with Crippen LogP contribution in [0.2, 0.25) is 0 Å². The van der Waals surface area contributed by atoms with Crippen molar-refractivity contribution in [3.8, 4) is 0 Å². The molecule has 0 saturated carbocycles. The number of carbonyl (C=O) groups excluding carboxylic acids is 1. The van der Waals surface area contributed by atoms with Gasteiger partial charge in [0.05, 0.1) is 12.0 Å². The van der Waals surface area contributed by atoms with E-state index in [1.54, 1.807) is 18.4 Å². The largest absolute Gasteiger partial charge is 0.481 e. The molecule has 0 radical (unpaired) electrons. The lowest BCUT2D eigenvalue weighted by Gasteiger charge is -2.14. The van der Waals surface area contributed by atoms with Crippen molar-refractivity contribution < 1.29 is 18.9 Å². The van der Waals surface area contributed by atoms with E-state index in [-0.39, 0.29) is 17.3 Å². The molecule has 0 heterocycles. The lowest BCUT2D eigenvalue weighted by atomic mass is 10.1. The first-order valence-electron chi connectivity index (χ1n) is 6.18. The summed E-state index contributed by atoms with van der Waals surface area (Å²) in [6, 6.07) is -0.561. The summed E-state index contributed by atoms with van der Waals surface area (Å²) in [6.45, 7) is 2.32. The van der Waals surface area contributed by atoms with Crippen LogP contribution in [0.15, 0.2) is 12.2 Å². The van der Waals surface area contributed by atoms with Crippen LogP contribution in [0, 0.1) is 5.92 Å². The normalized spacial score (nSPS) is 24.7. The molecule has 0 aromatic heterocycles. The number of carbonyl (C=O) groups is 2. The molecule has 0 fully saturated rings. The minimum atomic E-state index is -0.887. The smallest absolute Gasteiger partial charge is 0.315 e. The van der Waals surface area contributed by atoms with Crippen LogP contribution in [0.25, 0.3) is 0 Å². The Bertz CT molecular complexity index is 397. The summed E-state index contributed by atoms with van der Waals surface area (Å²) in [7, 11) is -0.887. The molecule has 108 valence electrons. The molecule has 6 nitrogen and oxygen atoms in total. The zero-order valence-corrected chi connectivity index (χ0v) is 11.9. The summed E-state index contributed by atoms with van der Waals surface area (Å²) >= 11 is 0. The summed E-state index contributed by atoms with van der Waals surface area (Å²) in [4.78, 5) is 22.3. The van der Waals surface area contributed by atoms with E-state index in [1.165, 1.54) is 0 Å². The van der Waals surface area contributed by atoms with Crippen LogP contribution in [-0.4, -0.2) is 45.4 Å². The molecule has 0 aromatic rings. The summed E-state index contributed by atoms with van der Waals surface area (Å²) in [5.41, 5.74) is 0. The number of nitrogens with one attached hydrogen (secondary N) is 2. The Morgan fingerprint density at radius 2 is 2.16 bits per heavy atom. The molecule has 4 atom stereocenters. The maximum absolute atomic E-state index is 11.5. The summed E-state index contributed by atoms with van der Waals surface area (Å²) in [5, 5.41) is 14.2. The fraction of sp³-hybridized carbons (Fsp3) is 0.667. The zero-order chi connectivity index (χ0) is 14.4. The van der Waals surface area contributed by atoms with Crippen LogP contribution in [0.5, 0.6) is 0 Å². The standard InChI is InChI=1S/C12H20N2O4S/c1-8(19(2)18)5-6-13-12(17)14-10-4-3-9(7-10)11(15)16/h3-4,8-10H,5-7H2,1-2H3,(H,15,16)(H2,13,14,17). The van der Waals surface area contributed by atoms with Gasteiger partial charge in [-0.05, 0) is 12.8 Å². The molecular weight excluding hydrogens is 268 g/mol. The van der Waals surface area contributed by atoms with Gasteiger partial charge in [0.15, 0.2) is 0 Å². The van der Waals surface area contributed by atoms with Crippen molar-refractivity contribution in [1.29, 1.82) is 0 Å². The van der Waals surface area contributed by atoms with E-state index in [1.807, 2.05) is 6.92 Å². The van der Waals surface area contributed by atoms with E-state index >= 15 is 0 Å². The van der Waals surface area contributed by atoms with Crippen LogP contribution >= 0.6 is 0 Å². The highest BCUT2D eigenvalue weighted by atomic mass is 32.2. The second-order valence-corrected chi connectivity index (χ2v) is 6.47. The van der Waals surface area contributed by atoms with Gasteiger partial charge >= 0.3 is 12.0 Å². The first-order chi connectivity index (χ1) is 8.90. The molecule has 19 heavy (non-hydrogen) atoms. The van der Waals surface area contributed by atoms with Gasteiger partial charge in [0, 0.05) is 28.9 Å². The highest BCUT2D eigenvalue weighted by Gasteiger charge is 2.25. The molecular formula is C12H20N2O4S. The van der Waals surface area contributed by atoms with Gasteiger partial charge < -0.3 is 15.7 Å². The topological polar surface area (TPSA) is 95.5 Å². The number of carboxylic acids is 1. The van der Waals surface area contributed by atoms with E-state index in [0.29, 0.717) is 19.4 Å². The number of hydrogen-bond acceptors (Lipinski definition) is 3. The van der Waals surface area contributed by atoms with Crippen molar-refractivity contribution in [2.24, 2.45) is 5.92 Å². The van der Waals surface area contributed by atoms with Gasteiger partial charge in [-0.25, -0.2) is 4.79 Å². The first kappa shape index (κ1) is 15.7. The second-order valence-electron chi connectivity index (χ2n) is 4.67. The third-order valence-corrected chi connectivity index (χ3v) is 4.49. The minimum Gasteiger partial charge on any atom is -0.481 e. The van der Waals surface area contributed by atoms with Crippen molar-refractivity contribution in [3.63, 3.8) is 0 Å². The molecule has 0 bridgehead atoms. The number of urea groups is 1. The van der Waals surface area contributed by atoms with Gasteiger partial charge in [0.25, 0.3) is 0 Å². The lowest BCUT2D eigenvalue weighted by Crippen LogP contribution is -2.42. The molecule has 1 aliphatic rings. The zero-order valence-electron chi connectivity index (χ0n) is 11.1. The number of amides is 2. The van der Waals surface area contributed by atoms with Crippen LogP contribution in [0.4, 0.5) is 4.79 Å². The number of rotatable bonds is 6. The SMILES string of the molecule is CC(CCNC(=O)NC1C=CC(C(=O)O)C1)S(C)=O. The Morgan fingerprint density at radius 3 is 2.68 bits per heavy atom. The maximum Gasteiger partial charge on any atom is 0.315 e. The van der Waals surface area contributed by atoms with E-state index in [0.717, 1.165) is 0 Å². The van der Waals surface area contributed by atoms with Gasteiger partial charge in [-0.1, -0.05) is 19.1 Å². The average molecular weight is 288 g/mol. The lowest BCUT2D eigenvalue weighted by molar-refractivity contribution is -0.140. The molecule has 3 N–H and O–H groups in total. The van der Waals surface area contributed by atoms with E-state index in [4.69, 9.17) is 5.11 Å². The van der Waals surface area contributed by atoms with Gasteiger partial charge in [-0.2, -0.15) is 0 Å². The third-order valence-electron chi connectivity index (χ3n) is 3.12. The van der Waals surface area contributed by atoms with Crippen LogP contribution < -0.4 is 10.6 Å². The van der Waals surface area contributed by atoms with Crippen molar-refractivity contribution in [1.82, 2.24) is 10.6 Å². The van der Waals surface area contributed by atoms with Crippen molar-refractivity contribution >= 4 is 22.8 Å². The molecule has 1 rings (SSSR count). The van der Waals surface area contributed by atoms with Gasteiger partial charge in [0.2, 0.25) is 0 Å². The van der Waals surface area contributed by atoms with Crippen LogP contribution in [-0.2, 0) is 15.6 Å². The average Bonchev–Trinajstić information content (AvgIpc) is 2.77. The maximum atomic E-state index is 11.5. The molecule has 4 unspecified atom stereocenters. The highest BCUT2D eigenvalue weighted by Crippen LogP contribution is 2.17. The Hall–Kier alpha value is -1.37. The molecule has 1 aliphatic carbocycles. The Kier molecular flexibility index (Phi) is 6.01. The van der Waals surface area contributed by atoms with E-state index in [9.17, 15) is 13.8 Å². The summed E-state index contributed by atoms with van der Waals surface area (Å²) < 4.78 is 11.1. The fourth-order valence-electron chi connectivity index (χ4n) is 1.76. The quantitative estimate of drug-likeness (QED) is 0.619. The molecule has 7 heteroatoms. The number of hydrogen-bond donors (Lipinski definition) is 3. The molecule has 0 aromatic carbocycles. The molecule has 0 saturated heterocycles. The molecule has 2 amide bonds. The van der Waals surface area contributed by atoms with Crippen molar-refractivity contribution in [2.75, 3.05) is 12.8 Å². The predicted molar refractivity (Wildman–Crippen MR) is 73.4 cm³/mol. The van der Waals surface area contributed by atoms with E-state index in [2.05, 4.69) is 10.6 Å². The van der Waals surface area contributed by atoms with Crippen LogP contribution in [0.3, 0.4) is 0 Å². The van der Waals surface area contributed by atoms with Crippen LogP contribution in [0.1, 0.15) is 19.8 Å². The van der Waals surface area contributed by atoms with Crippen molar-refractivity contribution in [2.45, 2.75) is 31.1 Å². The van der Waals surface area contributed by atoms with Gasteiger partial charge in [-0.3, -0.25) is 9.00 Å². The van der Waals surface area contributed by atoms with E-state index < -0.39 is 22.7 Å². The third kappa shape index (κ3) is 5.42. The Labute approximate surface area is 115 Å². The van der Waals surface area contributed by atoms with Gasteiger partial charge in [0.1, 0.15) is 0 Å². The highest BCUT2D eigenvalue weighted by molar-refractivity contribution is 7.84. The predicted octanol–water partition coefficient (Wildman–Crippen LogP) is 0.472. The first-order valence-corrected chi connectivity index (χ1v) is 7.80. The fourth-order valence-corrected chi connectivity index (χ4v) is 2.21. The van der Waals surface area contributed by atoms with Crippen molar-refractivity contribution in [3.05, 3.63) is 12.2 Å². The molecule has 0 spiro atoms. The number of carboxylic acid groups (broad SMARTS) is 1. The monoisotopic (exact) mass is 288 g/mol. The Balaban J connectivity index is 2.21. The van der Waals surface area contributed by atoms with Gasteiger partial charge in [-0.15, -0.1) is 0 Å². The minimum absolute atomic E-state index is 0.0445. The summed E-state index contributed by atoms with van der Waals surface area (Å²) in [6.07, 6.45) is 5.96. The number of aliphatic carboxylic acids is 1. The molecule has 0 aliphatic heterocycles. The second kappa shape index (κ2) is 7.28. The summed E-state index contributed by atoms with van der Waals surface area (Å²) in [5.74, 6) is -1.40.